The Morgan fingerprint density at radius 2 is 1.17 bits per heavy atom. The van der Waals surface area contributed by atoms with Crippen LogP contribution in [0.1, 0.15) is 0 Å². The largest absolute Gasteiger partial charge is 2.00 e. The van der Waals surface area contributed by atoms with Crippen molar-refractivity contribution in [1.82, 2.24) is 6.15 Å². The summed E-state index contributed by atoms with van der Waals surface area (Å²) in [5.74, 6) is 0. The molecule has 12 heavy (non-hydrogen) atoms. The Kier molecular flexibility index (Phi) is 15.9. The van der Waals surface area contributed by atoms with Crippen LogP contribution >= 0.6 is 7.82 Å². The summed E-state index contributed by atoms with van der Waals surface area (Å²) in [7, 11) is -9.81. The molecule has 0 spiro atoms. The van der Waals surface area contributed by atoms with E-state index in [-0.39, 0.29) is 29.2 Å². The van der Waals surface area contributed by atoms with E-state index < -0.39 is 18.2 Å². The zero-order valence-electron chi connectivity index (χ0n) is 5.65. The molecule has 0 aliphatic carbocycles. The summed E-state index contributed by atoms with van der Waals surface area (Å²) in [6, 6.07) is 0. The standard InChI is InChI=1S/Mg.H3N.H3O4P.H2O4S/c;;2*1-5(2,3)4/h;1H3;(H3,1,2,3,4);(H2,1,2,3,4)/q+2;;;/p-2. The van der Waals surface area contributed by atoms with E-state index in [4.69, 9.17) is 36.8 Å². The van der Waals surface area contributed by atoms with Gasteiger partial charge in [0.2, 0.25) is 0 Å². The molecule has 0 fully saturated rings. The molecule has 0 bridgehead atoms. The minimum Gasteiger partial charge on any atom is -0.790 e. The van der Waals surface area contributed by atoms with Crippen LogP contribution in [0.5, 0.6) is 0 Å². The quantitative estimate of drug-likeness (QED) is 0.191. The van der Waals surface area contributed by atoms with Crippen molar-refractivity contribution in [2.45, 2.75) is 0 Å². The Bertz CT molecular complexity index is 197. The Hall–Kier alpha value is 0.706. The van der Waals surface area contributed by atoms with Crippen molar-refractivity contribution >= 4 is 41.3 Å². The molecule has 0 heterocycles. The topological polar surface area (TPSA) is 193 Å². The van der Waals surface area contributed by atoms with E-state index in [1.165, 1.54) is 0 Å². The molecule has 0 saturated carbocycles. The summed E-state index contributed by atoms with van der Waals surface area (Å²) in [5.41, 5.74) is 0. The van der Waals surface area contributed by atoms with Crippen LogP contribution in [0.2, 0.25) is 0 Å². The molecule has 0 aliphatic rings. The monoisotopic (exact) mass is 235 g/mol. The van der Waals surface area contributed by atoms with Crippen LogP contribution in [0.4, 0.5) is 0 Å². The fraction of sp³-hybridized carbons (Fsp3) is 0. The third-order valence-corrected chi connectivity index (χ3v) is 0. The summed E-state index contributed by atoms with van der Waals surface area (Å²) in [4.78, 5) is 24.3. The molecule has 0 unspecified atom stereocenters. The zero-order chi connectivity index (χ0) is 9.00. The predicted octanol–water partition coefficient (Wildman–Crippen LogP) is -3.06. The van der Waals surface area contributed by atoms with Gasteiger partial charge in [0.15, 0.2) is 0 Å². The Morgan fingerprint density at radius 1 is 1.17 bits per heavy atom. The number of hydrogen-bond acceptors (Lipinski definition) is 6. The number of hydrogen-bond donors (Lipinski definition) is 4. The van der Waals surface area contributed by atoms with Crippen LogP contribution in [-0.2, 0) is 15.0 Å². The molecule has 12 heteroatoms. The van der Waals surface area contributed by atoms with Gasteiger partial charge >= 0.3 is 33.5 Å². The van der Waals surface area contributed by atoms with E-state index in [0.29, 0.717) is 0 Å². The van der Waals surface area contributed by atoms with Crippen molar-refractivity contribution in [3.8, 4) is 0 Å². The maximum absolute atomic E-state index is 8.74. The van der Waals surface area contributed by atoms with E-state index in [0.717, 1.165) is 0 Å². The molecule has 0 aromatic carbocycles. The van der Waals surface area contributed by atoms with Gasteiger partial charge in [-0.2, -0.15) is 8.42 Å². The van der Waals surface area contributed by atoms with E-state index >= 15 is 0 Å². The first-order valence-corrected chi connectivity index (χ1v) is 4.34. The molecule has 0 aliphatic heterocycles. The molecule has 0 saturated heterocycles. The van der Waals surface area contributed by atoms with Crippen LogP contribution in [0.25, 0.3) is 0 Å². The number of phosphoric acid groups is 1. The van der Waals surface area contributed by atoms with Gasteiger partial charge in [0.1, 0.15) is 0 Å². The fourth-order valence-electron chi connectivity index (χ4n) is 0. The van der Waals surface area contributed by atoms with Crippen LogP contribution in [0.3, 0.4) is 0 Å². The second-order valence-corrected chi connectivity index (χ2v) is 2.75. The van der Waals surface area contributed by atoms with Crippen molar-refractivity contribution in [2.75, 3.05) is 0 Å². The molecule has 9 nitrogen and oxygen atoms in total. The smallest absolute Gasteiger partial charge is 0.790 e. The van der Waals surface area contributed by atoms with Gasteiger partial charge < -0.3 is 25.4 Å². The van der Waals surface area contributed by atoms with Crippen molar-refractivity contribution in [3.05, 3.63) is 0 Å². The van der Waals surface area contributed by atoms with Gasteiger partial charge in [-0.25, -0.2) is 0 Å². The maximum Gasteiger partial charge on any atom is 2.00 e. The van der Waals surface area contributed by atoms with Crippen LogP contribution in [-0.4, -0.2) is 45.5 Å². The summed E-state index contributed by atoms with van der Waals surface area (Å²) >= 11 is 0. The maximum atomic E-state index is 8.74. The molecule has 0 amide bonds. The van der Waals surface area contributed by atoms with Gasteiger partial charge in [-0.15, -0.1) is 0 Å². The molecule has 0 radical (unpaired) electrons. The first-order valence-electron chi connectivity index (χ1n) is 1.45. The van der Waals surface area contributed by atoms with Crippen molar-refractivity contribution in [1.29, 1.82) is 0 Å². The van der Waals surface area contributed by atoms with Crippen molar-refractivity contribution < 1.29 is 36.8 Å². The summed E-state index contributed by atoms with van der Waals surface area (Å²) < 4.78 is 40.2. The second-order valence-electron chi connectivity index (χ2n) is 0.916. The molecule has 0 aromatic rings. The molecule has 0 aromatic heterocycles. The second kappa shape index (κ2) is 8.31. The predicted molar refractivity (Wildman–Crippen MR) is 34.8 cm³/mol. The molecule has 6 N–H and O–H groups in total. The Balaban J connectivity index is -0.0000000457. The van der Waals surface area contributed by atoms with Crippen molar-refractivity contribution in [3.63, 3.8) is 0 Å². The molecule has 72 valence electrons. The van der Waals surface area contributed by atoms with Crippen LogP contribution in [0.15, 0.2) is 0 Å². The fourth-order valence-corrected chi connectivity index (χ4v) is 0. The summed E-state index contributed by atoms with van der Waals surface area (Å²) in [6.45, 7) is 0. The summed E-state index contributed by atoms with van der Waals surface area (Å²) in [6.07, 6.45) is 0. The van der Waals surface area contributed by atoms with Gasteiger partial charge in [0.05, 0.1) is 7.82 Å². The zero-order valence-corrected chi connectivity index (χ0v) is 8.78. The van der Waals surface area contributed by atoms with E-state index in [1.807, 2.05) is 0 Å². The Labute approximate surface area is 84.3 Å². The van der Waals surface area contributed by atoms with Crippen LogP contribution in [0, 0.1) is 0 Å². The minimum absolute atomic E-state index is 0. The average molecular weight is 235 g/mol. The normalized spacial score (nSPS) is 9.75. The summed E-state index contributed by atoms with van der Waals surface area (Å²) in [5, 5.41) is 0. The molecule has 0 atom stereocenters. The third kappa shape index (κ3) is 2020. The molecule has 0 rings (SSSR count). The van der Waals surface area contributed by atoms with Gasteiger partial charge in [-0.3, -0.25) is 9.11 Å². The number of rotatable bonds is 0. The van der Waals surface area contributed by atoms with Gasteiger partial charge in [-0.05, 0) is 0 Å². The first kappa shape index (κ1) is 23.0. The van der Waals surface area contributed by atoms with Gasteiger partial charge in [-0.1, -0.05) is 0 Å². The van der Waals surface area contributed by atoms with Crippen molar-refractivity contribution in [2.24, 2.45) is 0 Å². The first-order chi connectivity index (χ1) is 4.00. The SMILES string of the molecule is N.O=P([O-])([O-])O.O=S(=O)(O)O.[Mg+2]. The minimum atomic E-state index is -5.14. The van der Waals surface area contributed by atoms with Gasteiger partial charge in [0.25, 0.3) is 0 Å². The van der Waals surface area contributed by atoms with Crippen LogP contribution < -0.4 is 15.9 Å². The van der Waals surface area contributed by atoms with E-state index in [1.54, 1.807) is 0 Å². The third-order valence-electron chi connectivity index (χ3n) is 0. The van der Waals surface area contributed by atoms with Gasteiger partial charge in [0, 0.05) is 0 Å². The Morgan fingerprint density at radius 3 is 1.17 bits per heavy atom. The van der Waals surface area contributed by atoms with E-state index in [9.17, 15) is 0 Å². The van der Waals surface area contributed by atoms with E-state index in [2.05, 4.69) is 0 Å². The molecular formula is H6MgNO8PS. The average Bonchev–Trinajstić information content (AvgIpc) is 1.12. The molecular weight excluding hydrogens is 229 g/mol.